The lowest BCUT2D eigenvalue weighted by molar-refractivity contribution is 0.0966. The highest BCUT2D eigenvalue weighted by atomic mass is 32.1. The molecule has 1 aliphatic rings. The summed E-state index contributed by atoms with van der Waals surface area (Å²) in [4.78, 5) is 16.5. The average Bonchev–Trinajstić information content (AvgIpc) is 2.60. The van der Waals surface area contributed by atoms with Crippen LogP contribution in [-0.2, 0) is 0 Å². The second kappa shape index (κ2) is 8.46. The highest BCUT2D eigenvalue weighted by Crippen LogP contribution is 2.17. The van der Waals surface area contributed by atoms with E-state index in [4.69, 9.17) is 22.2 Å². The van der Waals surface area contributed by atoms with Crippen molar-refractivity contribution >= 4 is 23.2 Å². The summed E-state index contributed by atoms with van der Waals surface area (Å²) in [5, 5.41) is 11.8. The van der Waals surface area contributed by atoms with E-state index in [1.165, 1.54) is 7.11 Å². The lowest BCUT2D eigenvalue weighted by atomic mass is 10.2. The number of carbonyl (C=O) groups is 1. The molecule has 0 spiro atoms. The second-order valence-electron chi connectivity index (χ2n) is 5.20. The molecule has 1 heterocycles. The Labute approximate surface area is 141 Å². The van der Waals surface area contributed by atoms with E-state index in [2.05, 4.69) is 16.3 Å². The molecule has 1 amide bonds. The van der Waals surface area contributed by atoms with Crippen LogP contribution < -0.4 is 10.1 Å². The van der Waals surface area contributed by atoms with E-state index in [0.717, 1.165) is 32.7 Å². The summed E-state index contributed by atoms with van der Waals surface area (Å²) in [5.74, 6) is 0.258. The first kappa shape index (κ1) is 17.2. The molecular weight excluding hydrogens is 312 g/mol. The van der Waals surface area contributed by atoms with Gasteiger partial charge >= 0.3 is 0 Å². The number of hydrogen-bond donors (Lipinski definition) is 1. The van der Waals surface area contributed by atoms with Gasteiger partial charge in [-0.15, -0.1) is 0 Å². The number of ether oxygens (including phenoxy) is 1. The van der Waals surface area contributed by atoms with Crippen molar-refractivity contribution in [1.29, 1.82) is 5.26 Å². The molecule has 0 unspecified atom stereocenters. The van der Waals surface area contributed by atoms with Crippen molar-refractivity contribution < 1.29 is 9.53 Å². The van der Waals surface area contributed by atoms with E-state index < -0.39 is 0 Å². The highest BCUT2D eigenvalue weighted by molar-refractivity contribution is 7.80. The van der Waals surface area contributed by atoms with Gasteiger partial charge < -0.3 is 9.64 Å². The SMILES string of the molecule is COc1ccccc1C(=O)NC(=S)N1CCN(CCC#N)CC1. The van der Waals surface area contributed by atoms with Crippen LogP contribution in [0.15, 0.2) is 24.3 Å². The van der Waals surface area contributed by atoms with Gasteiger partial charge in [0.25, 0.3) is 5.91 Å². The van der Waals surface area contributed by atoms with Gasteiger partial charge in [0.1, 0.15) is 5.75 Å². The predicted octanol–water partition coefficient (Wildman–Crippen LogP) is 1.24. The maximum atomic E-state index is 12.3. The summed E-state index contributed by atoms with van der Waals surface area (Å²) >= 11 is 5.34. The van der Waals surface area contributed by atoms with Gasteiger partial charge in [-0.3, -0.25) is 15.0 Å². The zero-order chi connectivity index (χ0) is 16.7. The van der Waals surface area contributed by atoms with Crippen LogP contribution in [0.1, 0.15) is 16.8 Å². The monoisotopic (exact) mass is 332 g/mol. The Bertz CT molecular complexity index is 606. The quantitative estimate of drug-likeness (QED) is 0.837. The van der Waals surface area contributed by atoms with Crippen LogP contribution in [0.25, 0.3) is 0 Å². The Hall–Kier alpha value is -2.17. The summed E-state index contributed by atoms with van der Waals surface area (Å²) < 4.78 is 5.19. The summed E-state index contributed by atoms with van der Waals surface area (Å²) in [7, 11) is 1.53. The Morgan fingerprint density at radius 3 is 2.70 bits per heavy atom. The molecule has 1 fully saturated rings. The molecule has 0 aromatic heterocycles. The molecule has 122 valence electrons. The first-order valence-corrected chi connectivity index (χ1v) is 7.89. The van der Waals surface area contributed by atoms with Crippen molar-refractivity contribution in [1.82, 2.24) is 15.1 Å². The van der Waals surface area contributed by atoms with Gasteiger partial charge in [-0.2, -0.15) is 5.26 Å². The Morgan fingerprint density at radius 1 is 1.35 bits per heavy atom. The van der Waals surface area contributed by atoms with Crippen LogP contribution in [0, 0.1) is 11.3 Å². The van der Waals surface area contributed by atoms with Crippen LogP contribution >= 0.6 is 12.2 Å². The van der Waals surface area contributed by atoms with Crippen molar-refractivity contribution in [2.45, 2.75) is 6.42 Å². The van der Waals surface area contributed by atoms with Crippen LogP contribution in [0.5, 0.6) is 5.75 Å². The average molecular weight is 332 g/mol. The lowest BCUT2D eigenvalue weighted by Crippen LogP contribution is -2.52. The number of piperazine rings is 1. The van der Waals surface area contributed by atoms with Crippen molar-refractivity contribution in [2.24, 2.45) is 0 Å². The predicted molar refractivity (Wildman–Crippen MR) is 91.3 cm³/mol. The molecule has 2 rings (SSSR count). The summed E-state index contributed by atoms with van der Waals surface area (Å²) in [6, 6.07) is 9.20. The van der Waals surface area contributed by atoms with Gasteiger partial charge in [0.2, 0.25) is 0 Å². The third kappa shape index (κ3) is 4.65. The standard InChI is InChI=1S/C16H20N4O2S/c1-22-14-6-3-2-5-13(14)15(21)18-16(23)20-11-9-19(10-12-20)8-4-7-17/h2-3,5-6H,4,8-12H2,1H3,(H,18,21,23). The zero-order valence-corrected chi connectivity index (χ0v) is 13.9. The fourth-order valence-corrected chi connectivity index (χ4v) is 2.73. The van der Waals surface area contributed by atoms with E-state index in [0.29, 0.717) is 22.8 Å². The maximum Gasteiger partial charge on any atom is 0.261 e. The molecule has 0 atom stereocenters. The van der Waals surface area contributed by atoms with Crippen molar-refractivity contribution in [3.63, 3.8) is 0 Å². The molecule has 7 heteroatoms. The molecule has 0 aliphatic carbocycles. The van der Waals surface area contributed by atoms with Gasteiger partial charge in [-0.1, -0.05) is 12.1 Å². The first-order chi connectivity index (χ1) is 11.2. The Kier molecular flexibility index (Phi) is 6.32. The first-order valence-electron chi connectivity index (χ1n) is 7.48. The molecule has 1 saturated heterocycles. The second-order valence-corrected chi connectivity index (χ2v) is 5.58. The summed E-state index contributed by atoms with van der Waals surface area (Å²) in [6.07, 6.45) is 0.537. The third-order valence-corrected chi connectivity index (χ3v) is 4.13. The number of amides is 1. The van der Waals surface area contributed by atoms with Crippen molar-refractivity contribution in [3.8, 4) is 11.8 Å². The molecule has 6 nitrogen and oxygen atoms in total. The number of nitrogens with zero attached hydrogens (tertiary/aromatic N) is 3. The maximum absolute atomic E-state index is 12.3. The van der Waals surface area contributed by atoms with Gasteiger partial charge in [-0.05, 0) is 24.4 Å². The molecule has 1 aliphatic heterocycles. The summed E-state index contributed by atoms with van der Waals surface area (Å²) in [5.41, 5.74) is 0.463. The molecule has 0 bridgehead atoms. The highest BCUT2D eigenvalue weighted by Gasteiger charge is 2.21. The van der Waals surface area contributed by atoms with E-state index in [1.54, 1.807) is 18.2 Å². The van der Waals surface area contributed by atoms with Crippen LogP contribution in [0.2, 0.25) is 0 Å². The third-order valence-electron chi connectivity index (χ3n) is 3.77. The number of hydrogen-bond acceptors (Lipinski definition) is 5. The van der Waals surface area contributed by atoms with E-state index in [1.807, 2.05) is 11.0 Å². The van der Waals surface area contributed by atoms with Crippen LogP contribution in [0.3, 0.4) is 0 Å². The number of nitriles is 1. The van der Waals surface area contributed by atoms with E-state index >= 15 is 0 Å². The number of para-hydroxylation sites is 1. The molecule has 23 heavy (non-hydrogen) atoms. The number of nitrogens with one attached hydrogen (secondary N) is 1. The normalized spacial score (nSPS) is 14.9. The minimum absolute atomic E-state index is 0.264. The largest absolute Gasteiger partial charge is 0.496 e. The molecular formula is C16H20N4O2S. The number of methoxy groups -OCH3 is 1. The van der Waals surface area contributed by atoms with Crippen LogP contribution in [-0.4, -0.2) is 60.7 Å². The number of thiocarbonyl (C=S) groups is 1. The minimum atomic E-state index is -0.264. The van der Waals surface area contributed by atoms with Gasteiger partial charge in [0.05, 0.1) is 18.7 Å². The Balaban J connectivity index is 1.88. The molecule has 1 aromatic carbocycles. The van der Waals surface area contributed by atoms with Gasteiger partial charge in [0.15, 0.2) is 5.11 Å². The lowest BCUT2D eigenvalue weighted by Gasteiger charge is -2.35. The molecule has 1 N–H and O–H groups in total. The fraction of sp³-hybridized carbons (Fsp3) is 0.438. The fourth-order valence-electron chi connectivity index (χ4n) is 2.46. The Morgan fingerprint density at radius 2 is 2.04 bits per heavy atom. The van der Waals surface area contributed by atoms with E-state index in [-0.39, 0.29) is 5.91 Å². The molecule has 1 aromatic rings. The number of rotatable bonds is 4. The zero-order valence-electron chi connectivity index (χ0n) is 13.1. The molecule has 0 saturated carbocycles. The smallest absolute Gasteiger partial charge is 0.261 e. The van der Waals surface area contributed by atoms with Crippen LogP contribution in [0.4, 0.5) is 0 Å². The number of benzene rings is 1. The molecule has 0 radical (unpaired) electrons. The van der Waals surface area contributed by atoms with E-state index in [9.17, 15) is 4.79 Å². The van der Waals surface area contributed by atoms with Crippen molar-refractivity contribution in [2.75, 3.05) is 39.8 Å². The van der Waals surface area contributed by atoms with Gasteiger partial charge in [0, 0.05) is 39.1 Å². The number of carbonyl (C=O) groups excluding carboxylic acids is 1. The summed E-state index contributed by atoms with van der Waals surface area (Å²) in [6.45, 7) is 3.95. The topological polar surface area (TPSA) is 68.6 Å². The van der Waals surface area contributed by atoms with Crippen molar-refractivity contribution in [3.05, 3.63) is 29.8 Å². The minimum Gasteiger partial charge on any atom is -0.496 e. The van der Waals surface area contributed by atoms with Gasteiger partial charge in [-0.25, -0.2) is 0 Å².